The quantitative estimate of drug-likeness (QED) is 0.525. The van der Waals surface area contributed by atoms with E-state index >= 15 is 0 Å². The van der Waals surface area contributed by atoms with Crippen LogP contribution in [0.1, 0.15) is 40.0 Å². The van der Waals surface area contributed by atoms with E-state index in [-0.39, 0.29) is 6.54 Å². The highest BCUT2D eigenvalue weighted by atomic mass is 16.6. The van der Waals surface area contributed by atoms with Gasteiger partial charge in [-0.1, -0.05) is 20.8 Å². The number of hydrogen-bond donors (Lipinski definition) is 1. The molecule has 0 unspecified atom stereocenters. The minimum absolute atomic E-state index is 0.135. The molecule has 5 heteroatoms. The molecule has 0 aliphatic rings. The first-order valence-corrected chi connectivity index (χ1v) is 6.12. The Hall–Kier alpha value is -1.26. The standard InChI is InChI=1S/C12H23NO4/c1-4-7-17-12(15)13-9-11(14)16-8-5-6-10(2)3/h10H,4-9H2,1-3H3,(H,13,15). The number of nitrogens with one attached hydrogen (secondary N) is 1. The van der Waals surface area contributed by atoms with Crippen molar-refractivity contribution in [2.24, 2.45) is 5.92 Å². The first-order chi connectivity index (χ1) is 8.06. The van der Waals surface area contributed by atoms with Crippen molar-refractivity contribution in [3.05, 3.63) is 0 Å². The zero-order chi connectivity index (χ0) is 13.1. The molecule has 0 aromatic carbocycles. The molecule has 0 saturated carbocycles. The summed E-state index contributed by atoms with van der Waals surface area (Å²) in [5.41, 5.74) is 0. The number of esters is 1. The fraction of sp³-hybridized carbons (Fsp3) is 0.833. The molecule has 100 valence electrons. The second-order valence-electron chi connectivity index (χ2n) is 4.25. The number of carbonyl (C=O) groups excluding carboxylic acids is 2. The number of amides is 1. The van der Waals surface area contributed by atoms with E-state index in [1.807, 2.05) is 6.92 Å². The fourth-order valence-corrected chi connectivity index (χ4v) is 1.12. The lowest BCUT2D eigenvalue weighted by Gasteiger charge is -2.07. The molecule has 1 N–H and O–H groups in total. The molecule has 0 bridgehead atoms. The number of alkyl carbamates (subject to hydrolysis) is 1. The topological polar surface area (TPSA) is 64.6 Å². The second-order valence-corrected chi connectivity index (χ2v) is 4.25. The van der Waals surface area contributed by atoms with E-state index in [2.05, 4.69) is 19.2 Å². The summed E-state index contributed by atoms with van der Waals surface area (Å²) in [5, 5.41) is 2.33. The van der Waals surface area contributed by atoms with Gasteiger partial charge in [0.25, 0.3) is 0 Å². The molecule has 0 fully saturated rings. The Morgan fingerprint density at radius 1 is 1.18 bits per heavy atom. The maximum Gasteiger partial charge on any atom is 0.407 e. The zero-order valence-electron chi connectivity index (χ0n) is 11.0. The number of ether oxygens (including phenoxy) is 2. The van der Waals surface area contributed by atoms with E-state index in [4.69, 9.17) is 9.47 Å². The zero-order valence-corrected chi connectivity index (χ0v) is 11.0. The molecule has 0 atom stereocenters. The Morgan fingerprint density at radius 3 is 2.47 bits per heavy atom. The molecule has 0 spiro atoms. The van der Waals surface area contributed by atoms with Gasteiger partial charge in [-0.15, -0.1) is 0 Å². The van der Waals surface area contributed by atoms with Crippen molar-refractivity contribution >= 4 is 12.1 Å². The normalized spacial score (nSPS) is 10.1. The fourth-order valence-electron chi connectivity index (χ4n) is 1.12. The largest absolute Gasteiger partial charge is 0.464 e. The van der Waals surface area contributed by atoms with Crippen molar-refractivity contribution in [1.29, 1.82) is 0 Å². The summed E-state index contributed by atoms with van der Waals surface area (Å²) in [6.07, 6.45) is 2.06. The molecular weight excluding hydrogens is 222 g/mol. The van der Waals surface area contributed by atoms with E-state index in [9.17, 15) is 9.59 Å². The minimum atomic E-state index is -0.578. The van der Waals surface area contributed by atoms with Crippen LogP contribution in [0.25, 0.3) is 0 Å². The maximum absolute atomic E-state index is 11.2. The van der Waals surface area contributed by atoms with Crippen LogP contribution in [0.2, 0.25) is 0 Å². The lowest BCUT2D eigenvalue weighted by molar-refractivity contribution is -0.142. The van der Waals surface area contributed by atoms with Gasteiger partial charge in [0.2, 0.25) is 0 Å². The van der Waals surface area contributed by atoms with Crippen LogP contribution in [0.5, 0.6) is 0 Å². The second kappa shape index (κ2) is 9.93. The van der Waals surface area contributed by atoms with Gasteiger partial charge in [0.1, 0.15) is 6.54 Å². The van der Waals surface area contributed by atoms with Crippen LogP contribution in [0.15, 0.2) is 0 Å². The molecule has 0 radical (unpaired) electrons. The van der Waals surface area contributed by atoms with Gasteiger partial charge in [0.15, 0.2) is 0 Å². The Labute approximate surface area is 103 Å². The highest BCUT2D eigenvalue weighted by Crippen LogP contribution is 2.02. The Balaban J connectivity index is 3.43. The first kappa shape index (κ1) is 15.7. The van der Waals surface area contributed by atoms with Gasteiger partial charge in [-0.05, 0) is 25.2 Å². The molecule has 0 aromatic rings. The average Bonchev–Trinajstić information content (AvgIpc) is 2.29. The van der Waals surface area contributed by atoms with Crippen LogP contribution in [-0.4, -0.2) is 31.8 Å². The predicted octanol–water partition coefficient (Wildman–Crippen LogP) is 2.10. The van der Waals surface area contributed by atoms with Crippen molar-refractivity contribution in [2.45, 2.75) is 40.0 Å². The van der Waals surface area contributed by atoms with Gasteiger partial charge in [0, 0.05) is 0 Å². The number of hydrogen-bond acceptors (Lipinski definition) is 4. The van der Waals surface area contributed by atoms with E-state index in [0.29, 0.717) is 19.1 Å². The van der Waals surface area contributed by atoms with Crippen molar-refractivity contribution in [2.75, 3.05) is 19.8 Å². The summed E-state index contributed by atoms with van der Waals surface area (Å²) < 4.78 is 9.68. The van der Waals surface area contributed by atoms with Crippen LogP contribution in [0.3, 0.4) is 0 Å². The smallest absolute Gasteiger partial charge is 0.407 e. The van der Waals surface area contributed by atoms with Crippen molar-refractivity contribution in [3.63, 3.8) is 0 Å². The van der Waals surface area contributed by atoms with Crippen LogP contribution in [0, 0.1) is 5.92 Å². The third-order valence-corrected chi connectivity index (χ3v) is 2.00. The minimum Gasteiger partial charge on any atom is -0.464 e. The molecule has 5 nitrogen and oxygen atoms in total. The SMILES string of the molecule is CCCOC(=O)NCC(=O)OCCCC(C)C. The van der Waals surface area contributed by atoms with Gasteiger partial charge < -0.3 is 14.8 Å². The lowest BCUT2D eigenvalue weighted by atomic mass is 10.1. The molecular formula is C12H23NO4. The summed E-state index contributed by atoms with van der Waals surface area (Å²) in [5.74, 6) is 0.179. The van der Waals surface area contributed by atoms with Gasteiger partial charge in [-0.2, -0.15) is 0 Å². The highest BCUT2D eigenvalue weighted by molar-refractivity contribution is 5.77. The van der Waals surface area contributed by atoms with Crippen LogP contribution < -0.4 is 5.32 Å². The van der Waals surface area contributed by atoms with Crippen molar-refractivity contribution in [1.82, 2.24) is 5.32 Å². The van der Waals surface area contributed by atoms with Crippen LogP contribution >= 0.6 is 0 Å². The molecule has 0 aliphatic carbocycles. The molecule has 1 amide bonds. The summed E-state index contributed by atoms with van der Waals surface area (Å²) in [4.78, 5) is 22.2. The van der Waals surface area contributed by atoms with E-state index in [1.54, 1.807) is 0 Å². The van der Waals surface area contributed by atoms with E-state index in [1.165, 1.54) is 0 Å². The molecule has 0 aliphatic heterocycles. The first-order valence-electron chi connectivity index (χ1n) is 6.12. The van der Waals surface area contributed by atoms with E-state index < -0.39 is 12.1 Å². The molecule has 0 aromatic heterocycles. The van der Waals surface area contributed by atoms with Gasteiger partial charge in [0.05, 0.1) is 13.2 Å². The third-order valence-electron chi connectivity index (χ3n) is 2.00. The molecule has 0 rings (SSSR count). The summed E-state index contributed by atoms with van der Waals surface area (Å²) >= 11 is 0. The highest BCUT2D eigenvalue weighted by Gasteiger charge is 2.06. The van der Waals surface area contributed by atoms with Gasteiger partial charge in [-0.25, -0.2) is 4.79 Å². The van der Waals surface area contributed by atoms with Crippen LogP contribution in [0.4, 0.5) is 4.79 Å². The Bertz CT molecular complexity index is 229. The summed E-state index contributed by atoms with van der Waals surface area (Å²) in [6, 6.07) is 0. The van der Waals surface area contributed by atoms with Gasteiger partial charge in [-0.3, -0.25) is 4.79 Å². The van der Waals surface area contributed by atoms with Gasteiger partial charge >= 0.3 is 12.1 Å². The van der Waals surface area contributed by atoms with Crippen molar-refractivity contribution in [3.8, 4) is 0 Å². The molecule has 0 saturated heterocycles. The monoisotopic (exact) mass is 245 g/mol. The summed E-state index contributed by atoms with van der Waals surface area (Å²) in [7, 11) is 0. The third kappa shape index (κ3) is 11.0. The number of rotatable bonds is 8. The molecule has 0 heterocycles. The lowest BCUT2D eigenvalue weighted by Crippen LogP contribution is -2.31. The van der Waals surface area contributed by atoms with E-state index in [0.717, 1.165) is 19.3 Å². The Kier molecular flexibility index (Phi) is 9.19. The van der Waals surface area contributed by atoms with Crippen LogP contribution in [-0.2, 0) is 14.3 Å². The predicted molar refractivity (Wildman–Crippen MR) is 64.7 cm³/mol. The number of carbonyl (C=O) groups is 2. The van der Waals surface area contributed by atoms with Crippen molar-refractivity contribution < 1.29 is 19.1 Å². The average molecular weight is 245 g/mol. The Morgan fingerprint density at radius 2 is 1.88 bits per heavy atom. The molecule has 17 heavy (non-hydrogen) atoms. The summed E-state index contributed by atoms with van der Waals surface area (Å²) in [6.45, 7) is 6.76. The maximum atomic E-state index is 11.2.